The molecule has 6 heteroatoms. The minimum Gasteiger partial charge on any atom is -0.477 e. The molecule has 1 aliphatic rings. The van der Waals surface area contributed by atoms with Crippen LogP contribution in [0.4, 0.5) is 0 Å². The van der Waals surface area contributed by atoms with Crippen LogP contribution in [-0.2, 0) is 21.2 Å². The summed E-state index contributed by atoms with van der Waals surface area (Å²) in [5, 5.41) is 0. The molecule has 0 fully saturated rings. The summed E-state index contributed by atoms with van der Waals surface area (Å²) in [7, 11) is -3.73. The quantitative estimate of drug-likeness (QED) is 0.627. The highest BCUT2D eigenvalue weighted by atomic mass is 32.2. The molecule has 0 spiro atoms. The number of nitrogens with one attached hydrogen (secondary N) is 1. The molecule has 0 unspecified atom stereocenters. The zero-order valence-corrected chi connectivity index (χ0v) is 17.5. The first-order valence-corrected chi connectivity index (χ1v) is 11.4. The Hall–Kier alpha value is -2.96. The van der Waals surface area contributed by atoms with Crippen molar-refractivity contribution in [2.75, 3.05) is 6.61 Å². The summed E-state index contributed by atoms with van der Waals surface area (Å²) in [6.45, 7) is 2.32. The van der Waals surface area contributed by atoms with Gasteiger partial charge < -0.3 is 4.74 Å². The second kappa shape index (κ2) is 8.81. The molecule has 1 N–H and O–H groups in total. The van der Waals surface area contributed by atoms with Crippen LogP contribution in [0.1, 0.15) is 22.7 Å². The van der Waals surface area contributed by atoms with Gasteiger partial charge in [0.05, 0.1) is 4.90 Å². The summed E-state index contributed by atoms with van der Waals surface area (Å²) >= 11 is 0. The number of rotatable bonds is 7. The monoisotopic (exact) mass is 420 g/mol. The van der Waals surface area contributed by atoms with E-state index in [1.807, 2.05) is 67.6 Å². The zero-order chi connectivity index (χ0) is 21.0. The highest BCUT2D eigenvalue weighted by Gasteiger charge is 2.30. The zero-order valence-electron chi connectivity index (χ0n) is 16.7. The van der Waals surface area contributed by atoms with E-state index in [1.54, 1.807) is 24.3 Å². The number of nitrogens with zero attached hydrogens (tertiary/aromatic N) is 1. The second-order valence-corrected chi connectivity index (χ2v) is 9.10. The van der Waals surface area contributed by atoms with Gasteiger partial charge in [0.1, 0.15) is 18.7 Å². The lowest BCUT2D eigenvalue weighted by molar-refractivity contribution is 0.305. The summed E-state index contributed by atoms with van der Waals surface area (Å²) in [5.41, 5.74) is 3.06. The molecule has 2 atom stereocenters. The predicted molar refractivity (Wildman–Crippen MR) is 118 cm³/mol. The molecule has 0 aromatic heterocycles. The lowest BCUT2D eigenvalue weighted by Crippen LogP contribution is -2.42. The molecule has 4 rings (SSSR count). The van der Waals surface area contributed by atoms with Gasteiger partial charge in [0.2, 0.25) is 15.9 Å². The Labute approximate surface area is 177 Å². The third kappa shape index (κ3) is 4.78. The number of sulfonamides is 1. The maximum Gasteiger partial charge on any atom is 0.241 e. The summed E-state index contributed by atoms with van der Waals surface area (Å²) in [5.74, 6) is 0.420. The Bertz CT molecular complexity index is 1110. The highest BCUT2D eigenvalue weighted by Crippen LogP contribution is 2.25. The standard InChI is InChI=1S/C24H24N2O3S/c1-18-12-14-21(15-13-18)30(27,28)26-22(16-19-8-4-2-5-9-19)24-25-23(17-29-24)20-10-6-3-7-11-20/h2-15,22-23,26H,16-17H2,1H3/t22-,23-/m0/s1. The first kappa shape index (κ1) is 20.3. The minimum atomic E-state index is -3.73. The van der Waals surface area contributed by atoms with Crippen LogP contribution in [0.2, 0.25) is 0 Å². The largest absolute Gasteiger partial charge is 0.477 e. The van der Waals surface area contributed by atoms with Gasteiger partial charge in [0, 0.05) is 0 Å². The van der Waals surface area contributed by atoms with Crippen LogP contribution in [0.3, 0.4) is 0 Å². The van der Waals surface area contributed by atoms with E-state index in [2.05, 4.69) is 4.72 Å². The maximum atomic E-state index is 13.0. The van der Waals surface area contributed by atoms with Crippen LogP contribution in [0, 0.1) is 6.92 Å². The lowest BCUT2D eigenvalue weighted by Gasteiger charge is -2.18. The van der Waals surface area contributed by atoms with Gasteiger partial charge in [-0.25, -0.2) is 13.4 Å². The minimum absolute atomic E-state index is 0.136. The van der Waals surface area contributed by atoms with E-state index in [1.165, 1.54) is 0 Å². The van der Waals surface area contributed by atoms with Gasteiger partial charge in [-0.3, -0.25) is 0 Å². The van der Waals surface area contributed by atoms with Crippen LogP contribution in [0.5, 0.6) is 0 Å². The Morgan fingerprint density at radius 1 is 0.967 bits per heavy atom. The summed E-state index contributed by atoms with van der Waals surface area (Å²) < 4.78 is 34.7. The summed E-state index contributed by atoms with van der Waals surface area (Å²) in [6.07, 6.45) is 0.451. The number of aliphatic imine (C=N–C) groups is 1. The average Bonchev–Trinajstić information content (AvgIpc) is 3.25. The molecule has 1 heterocycles. The number of benzene rings is 3. The van der Waals surface area contributed by atoms with Gasteiger partial charge in [0.15, 0.2) is 0 Å². The first-order valence-electron chi connectivity index (χ1n) is 9.89. The molecule has 0 aliphatic carbocycles. The second-order valence-electron chi connectivity index (χ2n) is 7.38. The Morgan fingerprint density at radius 3 is 2.27 bits per heavy atom. The van der Waals surface area contributed by atoms with Crippen molar-refractivity contribution in [1.29, 1.82) is 0 Å². The molecule has 3 aromatic rings. The van der Waals surface area contributed by atoms with E-state index in [9.17, 15) is 8.42 Å². The molecule has 30 heavy (non-hydrogen) atoms. The molecule has 0 bridgehead atoms. The van der Waals surface area contributed by atoms with Crippen LogP contribution < -0.4 is 4.72 Å². The Balaban J connectivity index is 1.62. The predicted octanol–water partition coefficient (Wildman–Crippen LogP) is 4.05. The molecular weight excluding hydrogens is 396 g/mol. The van der Waals surface area contributed by atoms with Crippen molar-refractivity contribution in [1.82, 2.24) is 4.72 Å². The van der Waals surface area contributed by atoms with E-state index in [-0.39, 0.29) is 10.9 Å². The fourth-order valence-electron chi connectivity index (χ4n) is 3.43. The van der Waals surface area contributed by atoms with Crippen LogP contribution in [-0.4, -0.2) is 27.0 Å². The molecule has 0 amide bonds. The number of hydrogen-bond donors (Lipinski definition) is 1. The smallest absolute Gasteiger partial charge is 0.241 e. The number of hydrogen-bond acceptors (Lipinski definition) is 4. The van der Waals surface area contributed by atoms with Gasteiger partial charge >= 0.3 is 0 Å². The van der Waals surface area contributed by atoms with E-state index in [0.29, 0.717) is 18.9 Å². The van der Waals surface area contributed by atoms with Gasteiger partial charge in [-0.1, -0.05) is 78.4 Å². The highest BCUT2D eigenvalue weighted by molar-refractivity contribution is 7.89. The molecule has 0 saturated carbocycles. The molecule has 3 aromatic carbocycles. The third-order valence-electron chi connectivity index (χ3n) is 5.07. The van der Waals surface area contributed by atoms with Crippen molar-refractivity contribution in [3.63, 3.8) is 0 Å². The van der Waals surface area contributed by atoms with Crippen LogP contribution in [0.25, 0.3) is 0 Å². The van der Waals surface area contributed by atoms with Gasteiger partial charge in [0.25, 0.3) is 0 Å². The van der Waals surface area contributed by atoms with Crippen molar-refractivity contribution >= 4 is 15.9 Å². The Kier molecular flexibility index (Phi) is 5.97. The lowest BCUT2D eigenvalue weighted by atomic mass is 10.1. The molecule has 154 valence electrons. The number of aryl methyl sites for hydroxylation is 1. The maximum absolute atomic E-state index is 13.0. The van der Waals surface area contributed by atoms with Crippen molar-refractivity contribution in [2.45, 2.75) is 30.3 Å². The average molecular weight is 421 g/mol. The molecule has 0 radical (unpaired) electrons. The van der Waals surface area contributed by atoms with Crippen LogP contribution in [0.15, 0.2) is 94.8 Å². The van der Waals surface area contributed by atoms with Crippen molar-refractivity contribution < 1.29 is 13.2 Å². The van der Waals surface area contributed by atoms with E-state index < -0.39 is 16.1 Å². The fourth-order valence-corrected chi connectivity index (χ4v) is 4.62. The summed E-state index contributed by atoms with van der Waals surface area (Å²) in [6, 6.07) is 25.7. The molecular formula is C24H24N2O3S. The molecule has 0 saturated heterocycles. The summed E-state index contributed by atoms with van der Waals surface area (Å²) in [4.78, 5) is 4.94. The van der Waals surface area contributed by atoms with Crippen LogP contribution >= 0.6 is 0 Å². The van der Waals surface area contributed by atoms with Crippen molar-refractivity contribution in [3.8, 4) is 0 Å². The Morgan fingerprint density at radius 2 is 1.60 bits per heavy atom. The fraction of sp³-hybridized carbons (Fsp3) is 0.208. The topological polar surface area (TPSA) is 67.8 Å². The SMILES string of the molecule is Cc1ccc(S(=O)(=O)N[C@@H](Cc2ccccc2)C2=N[C@H](c3ccccc3)CO2)cc1. The number of ether oxygens (including phenoxy) is 1. The van der Waals surface area contributed by atoms with E-state index >= 15 is 0 Å². The van der Waals surface area contributed by atoms with Gasteiger partial charge in [-0.05, 0) is 36.6 Å². The molecule has 5 nitrogen and oxygen atoms in total. The normalized spacial score (nSPS) is 17.2. The van der Waals surface area contributed by atoms with Gasteiger partial charge in [-0.2, -0.15) is 4.72 Å². The van der Waals surface area contributed by atoms with Gasteiger partial charge in [-0.15, -0.1) is 0 Å². The van der Waals surface area contributed by atoms with E-state index in [0.717, 1.165) is 16.7 Å². The third-order valence-corrected chi connectivity index (χ3v) is 6.55. The first-order chi connectivity index (χ1) is 14.5. The van der Waals surface area contributed by atoms with Crippen molar-refractivity contribution in [3.05, 3.63) is 102 Å². The van der Waals surface area contributed by atoms with Crippen molar-refractivity contribution in [2.24, 2.45) is 4.99 Å². The molecule has 1 aliphatic heterocycles. The van der Waals surface area contributed by atoms with E-state index in [4.69, 9.17) is 9.73 Å².